The molecular formula is C19H16N2O5. The highest BCUT2D eigenvalue weighted by Gasteiger charge is 2.29. The van der Waals surface area contributed by atoms with Crippen molar-refractivity contribution < 1.29 is 19.2 Å². The zero-order chi connectivity index (χ0) is 18.7. The summed E-state index contributed by atoms with van der Waals surface area (Å²) in [5.41, 5.74) is 1.53. The first-order chi connectivity index (χ1) is 12.5. The molecule has 7 nitrogen and oxygen atoms in total. The van der Waals surface area contributed by atoms with Crippen LogP contribution in [0.25, 0.3) is 6.08 Å². The summed E-state index contributed by atoms with van der Waals surface area (Å²) in [6.45, 7) is 4.13. The zero-order valence-corrected chi connectivity index (χ0v) is 14.3. The molecule has 0 radical (unpaired) electrons. The van der Waals surface area contributed by atoms with Crippen molar-refractivity contribution in [1.82, 2.24) is 0 Å². The lowest BCUT2D eigenvalue weighted by atomic mass is 10.1. The normalized spacial score (nSPS) is 14.9. The van der Waals surface area contributed by atoms with Crippen molar-refractivity contribution in [2.24, 2.45) is 4.99 Å². The van der Waals surface area contributed by atoms with Crippen LogP contribution in [-0.2, 0) is 9.53 Å². The van der Waals surface area contributed by atoms with Gasteiger partial charge in [-0.2, -0.15) is 0 Å². The number of ether oxygens (including phenoxy) is 2. The summed E-state index contributed by atoms with van der Waals surface area (Å²) in [6, 6.07) is 11.8. The van der Waals surface area contributed by atoms with Gasteiger partial charge in [0.1, 0.15) is 11.3 Å². The molecular weight excluding hydrogens is 336 g/mol. The van der Waals surface area contributed by atoms with E-state index in [1.165, 1.54) is 6.07 Å². The molecule has 0 aliphatic carbocycles. The van der Waals surface area contributed by atoms with Gasteiger partial charge >= 0.3 is 5.97 Å². The van der Waals surface area contributed by atoms with Gasteiger partial charge in [0.2, 0.25) is 5.90 Å². The molecule has 1 heterocycles. The van der Waals surface area contributed by atoms with Crippen LogP contribution in [0.15, 0.2) is 53.2 Å². The molecule has 0 aromatic heterocycles. The number of hydrogen-bond donors (Lipinski definition) is 0. The predicted octanol–water partition coefficient (Wildman–Crippen LogP) is 3.65. The first kappa shape index (κ1) is 17.3. The van der Waals surface area contributed by atoms with Crippen molar-refractivity contribution >= 4 is 23.6 Å². The molecule has 26 heavy (non-hydrogen) atoms. The lowest BCUT2D eigenvalue weighted by Gasteiger charge is -2.06. The van der Waals surface area contributed by atoms with Crippen LogP contribution >= 0.6 is 0 Å². The molecule has 2 aromatic rings. The summed E-state index contributed by atoms with van der Waals surface area (Å²) in [5.74, 6) is -0.131. The van der Waals surface area contributed by atoms with Crippen molar-refractivity contribution in [3.8, 4) is 5.75 Å². The number of aryl methyl sites for hydroxylation is 1. The molecule has 0 saturated carbocycles. The minimum atomic E-state index is -0.665. The quantitative estimate of drug-likeness (QED) is 0.354. The first-order valence-electron chi connectivity index (χ1n) is 7.99. The number of nitro benzene ring substituents is 1. The minimum absolute atomic E-state index is 0.0583. The standard InChI is InChI=1S/C19H16N2O5/c1-3-25-17-7-5-4-6-13(17)11-15-19(22)26-18(20-15)14-10-12(2)8-9-16(14)21(23)24/h4-11H,3H2,1-2H3/b15-11-. The molecule has 1 aliphatic rings. The molecule has 0 spiro atoms. The summed E-state index contributed by atoms with van der Waals surface area (Å²) >= 11 is 0. The number of rotatable bonds is 5. The van der Waals surface area contributed by atoms with Crippen LogP contribution in [0.3, 0.4) is 0 Å². The van der Waals surface area contributed by atoms with E-state index in [9.17, 15) is 14.9 Å². The summed E-state index contributed by atoms with van der Waals surface area (Å²) in [6.07, 6.45) is 1.54. The van der Waals surface area contributed by atoms with Gasteiger partial charge < -0.3 is 9.47 Å². The van der Waals surface area contributed by atoms with Crippen LogP contribution in [-0.4, -0.2) is 23.4 Å². The van der Waals surface area contributed by atoms with E-state index in [1.807, 2.05) is 19.1 Å². The van der Waals surface area contributed by atoms with E-state index < -0.39 is 10.9 Å². The van der Waals surface area contributed by atoms with Gasteiger partial charge in [-0.1, -0.05) is 24.3 Å². The molecule has 0 saturated heterocycles. The Hall–Kier alpha value is -3.48. The van der Waals surface area contributed by atoms with Crippen LogP contribution in [0.1, 0.15) is 23.6 Å². The summed E-state index contributed by atoms with van der Waals surface area (Å²) in [4.78, 5) is 27.1. The average molecular weight is 352 g/mol. The van der Waals surface area contributed by atoms with Crippen LogP contribution in [0.5, 0.6) is 5.75 Å². The largest absolute Gasteiger partial charge is 0.493 e. The Kier molecular flexibility index (Phi) is 4.79. The van der Waals surface area contributed by atoms with Crippen molar-refractivity contribution in [2.45, 2.75) is 13.8 Å². The highest BCUT2D eigenvalue weighted by molar-refractivity contribution is 6.14. The van der Waals surface area contributed by atoms with E-state index in [2.05, 4.69) is 4.99 Å². The number of nitro groups is 1. The fourth-order valence-corrected chi connectivity index (χ4v) is 2.54. The van der Waals surface area contributed by atoms with Crippen molar-refractivity contribution in [3.63, 3.8) is 0 Å². The second-order valence-electron chi connectivity index (χ2n) is 5.58. The molecule has 0 fully saturated rings. The Morgan fingerprint density at radius 3 is 2.77 bits per heavy atom. The smallest absolute Gasteiger partial charge is 0.363 e. The predicted molar refractivity (Wildman–Crippen MR) is 96.1 cm³/mol. The van der Waals surface area contributed by atoms with Crippen molar-refractivity contribution in [3.05, 3.63) is 75.0 Å². The third kappa shape index (κ3) is 3.46. The van der Waals surface area contributed by atoms with E-state index in [0.29, 0.717) is 17.9 Å². The van der Waals surface area contributed by atoms with Gasteiger partial charge in [0.15, 0.2) is 5.70 Å². The average Bonchev–Trinajstić information content (AvgIpc) is 2.97. The van der Waals surface area contributed by atoms with Crippen molar-refractivity contribution in [1.29, 1.82) is 0 Å². The monoisotopic (exact) mass is 352 g/mol. The fraction of sp³-hybridized carbons (Fsp3) is 0.158. The van der Waals surface area contributed by atoms with E-state index in [1.54, 1.807) is 37.3 Å². The maximum Gasteiger partial charge on any atom is 0.363 e. The summed E-state index contributed by atoms with van der Waals surface area (Å²) in [7, 11) is 0. The molecule has 132 valence electrons. The number of para-hydroxylation sites is 1. The molecule has 0 atom stereocenters. The van der Waals surface area contributed by atoms with Gasteiger partial charge in [-0.15, -0.1) is 0 Å². The number of benzene rings is 2. The van der Waals surface area contributed by atoms with Gasteiger partial charge in [-0.25, -0.2) is 9.79 Å². The van der Waals surface area contributed by atoms with Crippen LogP contribution in [0, 0.1) is 17.0 Å². The second-order valence-corrected chi connectivity index (χ2v) is 5.58. The zero-order valence-electron chi connectivity index (χ0n) is 14.3. The maximum atomic E-state index is 12.2. The molecule has 0 bridgehead atoms. The number of carbonyl (C=O) groups excluding carboxylic acids is 1. The third-order valence-corrected chi connectivity index (χ3v) is 3.71. The molecule has 0 N–H and O–H groups in total. The number of cyclic esters (lactones) is 1. The third-order valence-electron chi connectivity index (χ3n) is 3.71. The summed E-state index contributed by atoms with van der Waals surface area (Å²) in [5, 5.41) is 11.2. The fourth-order valence-electron chi connectivity index (χ4n) is 2.54. The van der Waals surface area contributed by atoms with Crippen molar-refractivity contribution in [2.75, 3.05) is 6.61 Å². The molecule has 7 heteroatoms. The molecule has 2 aromatic carbocycles. The minimum Gasteiger partial charge on any atom is -0.493 e. The number of hydrogen-bond acceptors (Lipinski definition) is 6. The Morgan fingerprint density at radius 2 is 2.04 bits per heavy atom. The van der Waals surface area contributed by atoms with E-state index >= 15 is 0 Å². The second kappa shape index (κ2) is 7.18. The summed E-state index contributed by atoms with van der Waals surface area (Å²) < 4.78 is 10.7. The SMILES string of the molecule is CCOc1ccccc1/C=C1\N=C(c2cc(C)ccc2[N+](=O)[O-])OC1=O. The number of nitrogens with zero attached hydrogens (tertiary/aromatic N) is 2. The number of carbonyl (C=O) groups is 1. The lowest BCUT2D eigenvalue weighted by Crippen LogP contribution is -2.08. The lowest BCUT2D eigenvalue weighted by molar-refractivity contribution is -0.385. The molecule has 3 rings (SSSR count). The Balaban J connectivity index is 2.03. The number of esters is 1. The van der Waals surface area contributed by atoms with Gasteiger partial charge in [-0.3, -0.25) is 10.1 Å². The molecule has 1 aliphatic heterocycles. The number of aliphatic imine (C=N–C) groups is 1. The Bertz CT molecular complexity index is 947. The van der Waals surface area contributed by atoms with E-state index in [4.69, 9.17) is 9.47 Å². The maximum absolute atomic E-state index is 12.2. The van der Waals surface area contributed by atoms with E-state index in [-0.39, 0.29) is 22.8 Å². The Labute approximate surface area is 149 Å². The van der Waals surface area contributed by atoms with Gasteiger partial charge in [0.25, 0.3) is 5.69 Å². The van der Waals surface area contributed by atoms with Gasteiger partial charge in [-0.05, 0) is 37.6 Å². The van der Waals surface area contributed by atoms with Crippen LogP contribution in [0.2, 0.25) is 0 Å². The van der Waals surface area contributed by atoms with Gasteiger partial charge in [0, 0.05) is 11.6 Å². The highest BCUT2D eigenvalue weighted by atomic mass is 16.6. The highest BCUT2D eigenvalue weighted by Crippen LogP contribution is 2.28. The van der Waals surface area contributed by atoms with Crippen LogP contribution < -0.4 is 4.74 Å². The van der Waals surface area contributed by atoms with Gasteiger partial charge in [0.05, 0.1) is 11.5 Å². The first-order valence-corrected chi connectivity index (χ1v) is 7.99. The Morgan fingerprint density at radius 1 is 1.27 bits per heavy atom. The van der Waals surface area contributed by atoms with E-state index in [0.717, 1.165) is 5.56 Å². The molecule has 0 amide bonds. The van der Waals surface area contributed by atoms with Crippen LogP contribution in [0.4, 0.5) is 5.69 Å². The molecule has 0 unspecified atom stereocenters. The topological polar surface area (TPSA) is 91.0 Å².